The van der Waals surface area contributed by atoms with Crippen molar-refractivity contribution < 1.29 is 14.3 Å². The molecule has 0 spiro atoms. The van der Waals surface area contributed by atoms with Gasteiger partial charge in [-0.2, -0.15) is 0 Å². The number of pyridine rings is 1. The number of fused-ring (bicyclic) bond motifs is 2. The monoisotopic (exact) mass is 569 g/mol. The molecular weight excluding hydrogens is 542 g/mol. The molecule has 0 saturated carbocycles. The van der Waals surface area contributed by atoms with E-state index in [4.69, 9.17) is 30.9 Å². The highest BCUT2D eigenvalue weighted by Crippen LogP contribution is 2.34. The maximum atomic E-state index is 6.24. The number of benzene rings is 3. The smallest absolute Gasteiger partial charge is 0.243 e. The highest BCUT2D eigenvalue weighted by molar-refractivity contribution is 6.31. The van der Waals surface area contributed by atoms with Gasteiger partial charge in [-0.25, -0.2) is 4.98 Å². The zero-order chi connectivity index (χ0) is 28.2. The summed E-state index contributed by atoms with van der Waals surface area (Å²) in [5.41, 5.74) is 4.25. The second-order valence-electron chi connectivity index (χ2n) is 9.38. The van der Waals surface area contributed by atoms with E-state index in [1.165, 1.54) is 0 Å². The van der Waals surface area contributed by atoms with Crippen LogP contribution >= 0.6 is 11.6 Å². The Bertz CT molecular complexity index is 1710. The lowest BCUT2D eigenvalue weighted by Gasteiger charge is -2.14. The number of methoxy groups -OCH3 is 2. The average molecular weight is 570 g/mol. The summed E-state index contributed by atoms with van der Waals surface area (Å²) in [5, 5.41) is 25.6. The van der Waals surface area contributed by atoms with Crippen molar-refractivity contribution in [3.05, 3.63) is 89.1 Å². The van der Waals surface area contributed by atoms with Gasteiger partial charge in [-0.1, -0.05) is 16.8 Å². The fraction of sp³-hybridized carbons (Fsp3) is 0.200. The molecule has 3 N–H and O–H groups in total. The first-order valence-corrected chi connectivity index (χ1v) is 13.5. The van der Waals surface area contributed by atoms with Crippen LogP contribution in [0, 0.1) is 0 Å². The Hall–Kier alpha value is -4.83. The molecule has 0 fully saturated rings. The van der Waals surface area contributed by atoms with Gasteiger partial charge in [0.2, 0.25) is 6.23 Å². The van der Waals surface area contributed by atoms with E-state index in [2.05, 4.69) is 31.3 Å². The van der Waals surface area contributed by atoms with Gasteiger partial charge in [0.25, 0.3) is 0 Å². The Labute approximate surface area is 241 Å². The molecule has 2 aromatic heterocycles. The summed E-state index contributed by atoms with van der Waals surface area (Å²) >= 11 is 6.24. The lowest BCUT2D eigenvalue weighted by atomic mass is 10.1. The molecule has 0 saturated heterocycles. The minimum Gasteiger partial charge on any atom is -0.497 e. The van der Waals surface area contributed by atoms with E-state index in [1.54, 1.807) is 14.2 Å². The number of oxime groups is 1. The van der Waals surface area contributed by atoms with E-state index in [1.807, 2.05) is 72.8 Å². The number of hydrogen-bond donors (Lipinski definition) is 3. The largest absolute Gasteiger partial charge is 0.497 e. The molecule has 3 heterocycles. The Morgan fingerprint density at radius 3 is 2.41 bits per heavy atom. The van der Waals surface area contributed by atoms with Gasteiger partial charge in [-0.15, -0.1) is 10.2 Å². The predicted octanol–water partition coefficient (Wildman–Crippen LogP) is 5.74. The zero-order valence-corrected chi connectivity index (χ0v) is 23.3. The van der Waals surface area contributed by atoms with Crippen LogP contribution in [-0.4, -0.2) is 48.3 Å². The second-order valence-corrected chi connectivity index (χ2v) is 9.82. The van der Waals surface area contributed by atoms with E-state index in [9.17, 15) is 0 Å². The standard InChI is InChI=1S/C30H28ClN7O3/c1-39-20-7-4-18(5-8-20)29-35-30(41-38-29)25-12-13-27(37-36-25)32-14-3-15-33-28-22-10-6-19(31)16-26(22)34-24-11-9-21(40-2)17-23(24)28/h4-13,16-17,30H,3,14-15H2,1-2H3,(H,32,37)(H,33,34)(H,35,38). The van der Waals surface area contributed by atoms with Crippen molar-refractivity contribution in [1.29, 1.82) is 0 Å². The lowest BCUT2D eigenvalue weighted by Crippen LogP contribution is -2.24. The average Bonchev–Trinajstić information content (AvgIpc) is 3.51. The van der Waals surface area contributed by atoms with Crippen molar-refractivity contribution in [3.63, 3.8) is 0 Å². The number of aromatic nitrogens is 3. The molecule has 208 valence electrons. The van der Waals surface area contributed by atoms with Crippen LogP contribution < -0.4 is 25.4 Å². The molecular formula is C30H28ClN7O3. The van der Waals surface area contributed by atoms with Crippen molar-refractivity contribution >= 4 is 50.7 Å². The van der Waals surface area contributed by atoms with Crippen LogP contribution in [0.5, 0.6) is 11.5 Å². The normalized spacial score (nSPS) is 14.3. The number of amidine groups is 1. The summed E-state index contributed by atoms with van der Waals surface area (Å²) in [6.45, 7) is 1.44. The summed E-state index contributed by atoms with van der Waals surface area (Å²) < 4.78 is 10.7. The van der Waals surface area contributed by atoms with Crippen LogP contribution in [0.3, 0.4) is 0 Å². The van der Waals surface area contributed by atoms with Gasteiger partial charge in [0, 0.05) is 34.4 Å². The molecule has 3 aromatic carbocycles. The number of hydrogen-bond acceptors (Lipinski definition) is 10. The van der Waals surface area contributed by atoms with E-state index in [0.29, 0.717) is 28.9 Å². The number of nitrogens with one attached hydrogen (secondary N) is 3. The number of anilines is 2. The van der Waals surface area contributed by atoms with Crippen molar-refractivity contribution in [2.45, 2.75) is 12.6 Å². The molecule has 5 aromatic rings. The first-order chi connectivity index (χ1) is 20.1. The first kappa shape index (κ1) is 26.4. The molecule has 6 rings (SSSR count). The summed E-state index contributed by atoms with van der Waals surface area (Å²) in [4.78, 5) is 10.3. The Morgan fingerprint density at radius 1 is 0.829 bits per heavy atom. The summed E-state index contributed by atoms with van der Waals surface area (Å²) in [6.07, 6.45) is 0.343. The van der Waals surface area contributed by atoms with Crippen molar-refractivity contribution in [2.24, 2.45) is 5.16 Å². The number of ether oxygens (including phenoxy) is 2. The second kappa shape index (κ2) is 11.7. The van der Waals surface area contributed by atoms with Crippen molar-refractivity contribution in [2.75, 3.05) is 37.9 Å². The highest BCUT2D eigenvalue weighted by atomic mass is 35.5. The van der Waals surface area contributed by atoms with Crippen LogP contribution in [0.25, 0.3) is 21.8 Å². The third-order valence-corrected chi connectivity index (χ3v) is 6.97. The van der Waals surface area contributed by atoms with Crippen LogP contribution in [0.15, 0.2) is 78.0 Å². The molecule has 11 heteroatoms. The predicted molar refractivity (Wildman–Crippen MR) is 161 cm³/mol. The molecule has 1 unspecified atom stereocenters. The Kier molecular flexibility index (Phi) is 7.55. The van der Waals surface area contributed by atoms with Crippen LogP contribution in [0.1, 0.15) is 23.9 Å². The minimum absolute atomic E-state index is 0.503. The van der Waals surface area contributed by atoms with Crippen LogP contribution in [0.4, 0.5) is 11.5 Å². The molecule has 10 nitrogen and oxygen atoms in total. The number of nitrogens with zero attached hydrogens (tertiary/aromatic N) is 4. The fourth-order valence-electron chi connectivity index (χ4n) is 4.60. The Morgan fingerprint density at radius 2 is 1.63 bits per heavy atom. The van der Waals surface area contributed by atoms with E-state index < -0.39 is 6.23 Å². The van der Waals surface area contributed by atoms with Crippen LogP contribution in [-0.2, 0) is 4.84 Å². The van der Waals surface area contributed by atoms with E-state index >= 15 is 0 Å². The lowest BCUT2D eigenvalue weighted by molar-refractivity contribution is 0.0691. The van der Waals surface area contributed by atoms with Gasteiger partial charge in [-0.3, -0.25) is 0 Å². The van der Waals surface area contributed by atoms with Gasteiger partial charge < -0.3 is 30.3 Å². The van der Waals surface area contributed by atoms with Gasteiger partial charge >= 0.3 is 0 Å². The molecule has 1 aliphatic heterocycles. The summed E-state index contributed by atoms with van der Waals surface area (Å²) in [7, 11) is 3.29. The maximum absolute atomic E-state index is 6.24. The number of halogens is 1. The molecule has 1 aliphatic rings. The quantitative estimate of drug-likeness (QED) is 0.143. The highest BCUT2D eigenvalue weighted by Gasteiger charge is 2.24. The van der Waals surface area contributed by atoms with Gasteiger partial charge in [-0.05, 0) is 79.2 Å². The molecule has 0 amide bonds. The Balaban J connectivity index is 1.04. The first-order valence-electron chi connectivity index (χ1n) is 13.1. The summed E-state index contributed by atoms with van der Waals surface area (Å²) in [5.74, 6) is 2.87. The molecule has 0 aliphatic carbocycles. The summed E-state index contributed by atoms with van der Waals surface area (Å²) in [6, 6.07) is 22.9. The van der Waals surface area contributed by atoms with Crippen molar-refractivity contribution in [1.82, 2.24) is 20.5 Å². The zero-order valence-electron chi connectivity index (χ0n) is 22.5. The van der Waals surface area contributed by atoms with Gasteiger partial charge in [0.05, 0.1) is 30.9 Å². The van der Waals surface area contributed by atoms with E-state index in [-0.39, 0.29) is 0 Å². The SMILES string of the molecule is COc1ccc(C2=NOC(c3ccc(NCCCNc4c5ccc(Cl)cc5nc5ccc(OC)cc45)nn3)N2)cc1. The maximum Gasteiger partial charge on any atom is 0.243 e. The molecule has 41 heavy (non-hydrogen) atoms. The third-order valence-electron chi connectivity index (χ3n) is 6.74. The van der Waals surface area contributed by atoms with Crippen molar-refractivity contribution in [3.8, 4) is 11.5 Å². The topological polar surface area (TPSA) is 115 Å². The third kappa shape index (κ3) is 5.73. The van der Waals surface area contributed by atoms with Gasteiger partial charge in [0.1, 0.15) is 23.0 Å². The molecule has 0 radical (unpaired) electrons. The van der Waals surface area contributed by atoms with Crippen LogP contribution in [0.2, 0.25) is 5.02 Å². The van der Waals surface area contributed by atoms with E-state index in [0.717, 1.165) is 57.5 Å². The fourth-order valence-corrected chi connectivity index (χ4v) is 4.77. The number of rotatable bonds is 10. The van der Waals surface area contributed by atoms with Gasteiger partial charge in [0.15, 0.2) is 5.84 Å². The molecule has 1 atom stereocenters. The molecule has 0 bridgehead atoms. The minimum atomic E-state index is -0.503.